The van der Waals surface area contributed by atoms with E-state index in [9.17, 15) is 9.18 Å². The second-order valence-corrected chi connectivity index (χ2v) is 4.72. The van der Waals surface area contributed by atoms with Crippen molar-refractivity contribution in [3.05, 3.63) is 65.7 Å². The van der Waals surface area contributed by atoms with Crippen LogP contribution in [0.2, 0.25) is 0 Å². The van der Waals surface area contributed by atoms with Gasteiger partial charge < -0.3 is 5.32 Å². The molecule has 1 heterocycles. The van der Waals surface area contributed by atoms with Crippen molar-refractivity contribution in [2.75, 3.05) is 5.32 Å². The number of carbonyl (C=O) groups excluding carboxylic acids is 1. The van der Waals surface area contributed by atoms with Crippen LogP contribution in [0.1, 0.15) is 15.9 Å². The summed E-state index contributed by atoms with van der Waals surface area (Å²) in [5, 5.41) is 13.5. The van der Waals surface area contributed by atoms with Gasteiger partial charge in [-0.05, 0) is 59.3 Å². The van der Waals surface area contributed by atoms with Gasteiger partial charge in [0.25, 0.3) is 5.91 Å². The Bertz CT molecular complexity index is 799. The van der Waals surface area contributed by atoms with Gasteiger partial charge in [-0.25, -0.2) is 9.07 Å². The van der Waals surface area contributed by atoms with Gasteiger partial charge in [-0.15, -0.1) is 5.10 Å². The molecule has 0 radical (unpaired) electrons. The van der Waals surface area contributed by atoms with Gasteiger partial charge in [-0.3, -0.25) is 4.79 Å². The molecule has 7 heteroatoms. The van der Waals surface area contributed by atoms with E-state index in [2.05, 4.69) is 20.8 Å². The van der Waals surface area contributed by atoms with Gasteiger partial charge in [0, 0.05) is 11.3 Å². The van der Waals surface area contributed by atoms with Crippen molar-refractivity contribution in [2.45, 2.75) is 6.92 Å². The van der Waals surface area contributed by atoms with E-state index in [0.29, 0.717) is 16.8 Å². The highest BCUT2D eigenvalue weighted by Crippen LogP contribution is 2.15. The summed E-state index contributed by atoms with van der Waals surface area (Å²) in [5.41, 5.74) is 2.14. The first-order valence-corrected chi connectivity index (χ1v) is 6.54. The Hall–Kier alpha value is -3.09. The van der Waals surface area contributed by atoms with E-state index in [-0.39, 0.29) is 11.7 Å². The average Bonchev–Trinajstić information content (AvgIpc) is 3.05. The Labute approximate surface area is 125 Å². The van der Waals surface area contributed by atoms with Crippen LogP contribution in [0, 0.1) is 12.7 Å². The van der Waals surface area contributed by atoms with E-state index in [0.717, 1.165) is 5.69 Å². The van der Waals surface area contributed by atoms with Crippen LogP contribution in [0.3, 0.4) is 0 Å². The van der Waals surface area contributed by atoms with Crippen LogP contribution in [0.5, 0.6) is 0 Å². The number of hydrogen-bond donors (Lipinski definition) is 1. The zero-order valence-corrected chi connectivity index (χ0v) is 11.7. The molecule has 1 amide bonds. The largest absolute Gasteiger partial charge is 0.322 e. The molecule has 0 unspecified atom stereocenters. The third-order valence-electron chi connectivity index (χ3n) is 3.17. The number of tetrazole rings is 1. The number of anilines is 1. The zero-order valence-electron chi connectivity index (χ0n) is 11.7. The molecule has 0 saturated heterocycles. The lowest BCUT2D eigenvalue weighted by Crippen LogP contribution is -2.12. The summed E-state index contributed by atoms with van der Waals surface area (Å²) >= 11 is 0. The standard InChI is InChI=1S/C15H12FN5O/c1-10-2-5-12(8-14(10)16)18-15(22)11-3-6-13(7-4-11)21-9-17-19-20-21/h2-9H,1H3,(H,18,22). The number of amides is 1. The maximum absolute atomic E-state index is 13.5. The third-order valence-corrected chi connectivity index (χ3v) is 3.17. The number of aromatic nitrogens is 4. The average molecular weight is 297 g/mol. The number of rotatable bonds is 3. The minimum Gasteiger partial charge on any atom is -0.322 e. The molecule has 0 fully saturated rings. The van der Waals surface area contributed by atoms with E-state index >= 15 is 0 Å². The van der Waals surface area contributed by atoms with Crippen LogP contribution in [-0.4, -0.2) is 26.1 Å². The van der Waals surface area contributed by atoms with Crippen LogP contribution in [0.25, 0.3) is 5.69 Å². The Morgan fingerprint density at radius 3 is 2.59 bits per heavy atom. The number of aryl methyl sites for hydroxylation is 1. The number of nitrogens with zero attached hydrogens (tertiary/aromatic N) is 4. The van der Waals surface area contributed by atoms with Crippen molar-refractivity contribution >= 4 is 11.6 Å². The molecule has 1 aromatic heterocycles. The highest BCUT2D eigenvalue weighted by Gasteiger charge is 2.08. The van der Waals surface area contributed by atoms with Gasteiger partial charge >= 0.3 is 0 Å². The van der Waals surface area contributed by atoms with Gasteiger partial charge in [0.1, 0.15) is 12.1 Å². The van der Waals surface area contributed by atoms with E-state index in [1.165, 1.54) is 17.1 Å². The van der Waals surface area contributed by atoms with Gasteiger partial charge in [-0.1, -0.05) is 6.07 Å². The molecule has 3 rings (SSSR count). The summed E-state index contributed by atoms with van der Waals surface area (Å²) in [6.45, 7) is 1.67. The Morgan fingerprint density at radius 1 is 1.18 bits per heavy atom. The fourth-order valence-corrected chi connectivity index (χ4v) is 1.92. The quantitative estimate of drug-likeness (QED) is 0.805. The Balaban J connectivity index is 1.76. The van der Waals surface area contributed by atoms with Crippen LogP contribution in [-0.2, 0) is 0 Å². The second kappa shape index (κ2) is 5.72. The van der Waals surface area contributed by atoms with E-state index < -0.39 is 0 Å². The molecule has 1 N–H and O–H groups in total. The SMILES string of the molecule is Cc1ccc(NC(=O)c2ccc(-n3cnnn3)cc2)cc1F. The van der Waals surface area contributed by atoms with Crippen LogP contribution < -0.4 is 5.32 Å². The summed E-state index contributed by atoms with van der Waals surface area (Å²) in [6.07, 6.45) is 1.46. The minimum atomic E-state index is -0.355. The lowest BCUT2D eigenvalue weighted by atomic mass is 10.1. The normalized spacial score (nSPS) is 10.5. The molecular weight excluding hydrogens is 285 g/mol. The molecule has 22 heavy (non-hydrogen) atoms. The summed E-state index contributed by atoms with van der Waals surface area (Å²) in [4.78, 5) is 12.1. The molecule has 0 aliphatic rings. The van der Waals surface area contributed by atoms with Crippen molar-refractivity contribution < 1.29 is 9.18 Å². The predicted molar refractivity (Wildman–Crippen MR) is 78.2 cm³/mol. The highest BCUT2D eigenvalue weighted by atomic mass is 19.1. The summed E-state index contributed by atoms with van der Waals surface area (Å²) in [5.74, 6) is -0.668. The van der Waals surface area contributed by atoms with E-state index in [1.54, 1.807) is 43.3 Å². The molecule has 110 valence electrons. The first-order valence-electron chi connectivity index (χ1n) is 6.54. The molecule has 0 saturated carbocycles. The fourth-order valence-electron chi connectivity index (χ4n) is 1.92. The maximum atomic E-state index is 13.5. The van der Waals surface area contributed by atoms with Crippen molar-refractivity contribution in [3.63, 3.8) is 0 Å². The van der Waals surface area contributed by atoms with Crippen molar-refractivity contribution in [1.82, 2.24) is 20.2 Å². The van der Waals surface area contributed by atoms with Gasteiger partial charge in [0.15, 0.2) is 0 Å². The maximum Gasteiger partial charge on any atom is 0.255 e. The van der Waals surface area contributed by atoms with Gasteiger partial charge in [0.05, 0.1) is 5.69 Å². The summed E-state index contributed by atoms with van der Waals surface area (Å²) in [6, 6.07) is 11.3. The van der Waals surface area contributed by atoms with Crippen LogP contribution in [0.4, 0.5) is 10.1 Å². The van der Waals surface area contributed by atoms with Crippen molar-refractivity contribution in [3.8, 4) is 5.69 Å². The smallest absolute Gasteiger partial charge is 0.255 e. The van der Waals surface area contributed by atoms with Gasteiger partial charge in [0.2, 0.25) is 0 Å². The highest BCUT2D eigenvalue weighted by molar-refractivity contribution is 6.04. The molecule has 3 aromatic rings. The van der Waals surface area contributed by atoms with Crippen LogP contribution in [0.15, 0.2) is 48.8 Å². The second-order valence-electron chi connectivity index (χ2n) is 4.72. The third kappa shape index (κ3) is 2.83. The molecule has 0 bridgehead atoms. The fraction of sp³-hybridized carbons (Fsp3) is 0.0667. The first kappa shape index (κ1) is 13.9. The van der Waals surface area contributed by atoms with Gasteiger partial charge in [-0.2, -0.15) is 0 Å². The zero-order chi connectivity index (χ0) is 15.5. The van der Waals surface area contributed by atoms with Crippen molar-refractivity contribution in [1.29, 1.82) is 0 Å². The summed E-state index contributed by atoms with van der Waals surface area (Å²) in [7, 11) is 0. The monoisotopic (exact) mass is 297 g/mol. The van der Waals surface area contributed by atoms with Crippen LogP contribution >= 0.6 is 0 Å². The first-order chi connectivity index (χ1) is 10.6. The number of benzene rings is 2. The molecular formula is C15H12FN5O. The number of carbonyl (C=O) groups is 1. The summed E-state index contributed by atoms with van der Waals surface area (Å²) < 4.78 is 15.0. The molecule has 0 atom stereocenters. The number of halogens is 1. The van der Waals surface area contributed by atoms with E-state index in [4.69, 9.17) is 0 Å². The Morgan fingerprint density at radius 2 is 1.95 bits per heavy atom. The van der Waals surface area contributed by atoms with Crippen molar-refractivity contribution in [2.24, 2.45) is 0 Å². The van der Waals surface area contributed by atoms with E-state index in [1.807, 2.05) is 0 Å². The Kier molecular flexibility index (Phi) is 3.61. The lowest BCUT2D eigenvalue weighted by Gasteiger charge is -2.07. The lowest BCUT2D eigenvalue weighted by molar-refractivity contribution is 0.102. The number of hydrogen-bond acceptors (Lipinski definition) is 4. The molecule has 0 aliphatic heterocycles. The number of nitrogens with one attached hydrogen (secondary N) is 1. The molecule has 0 aliphatic carbocycles. The molecule has 0 spiro atoms. The predicted octanol–water partition coefficient (Wildman–Crippen LogP) is 2.36. The minimum absolute atomic E-state index is 0.313. The molecule has 6 nitrogen and oxygen atoms in total. The molecule has 2 aromatic carbocycles. The topological polar surface area (TPSA) is 72.7 Å².